The summed E-state index contributed by atoms with van der Waals surface area (Å²) in [6, 6.07) is 3.16. The van der Waals surface area contributed by atoms with Crippen molar-refractivity contribution in [1.82, 2.24) is 0 Å². The van der Waals surface area contributed by atoms with Crippen LogP contribution >= 0.6 is 0 Å². The van der Waals surface area contributed by atoms with Crippen LogP contribution < -0.4 is 10.5 Å². The van der Waals surface area contributed by atoms with Gasteiger partial charge < -0.3 is 10.5 Å². The Hall–Kier alpha value is -1.69. The first-order chi connectivity index (χ1) is 8.08. The topological polar surface area (TPSA) is 78.4 Å². The van der Waals surface area contributed by atoms with E-state index in [-0.39, 0.29) is 23.6 Å². The van der Waals surface area contributed by atoms with Gasteiger partial charge in [0.1, 0.15) is 11.9 Å². The van der Waals surface area contributed by atoms with E-state index in [1.165, 1.54) is 6.07 Å². The largest absolute Gasteiger partial charge is 0.482 e. The first kappa shape index (κ1) is 11.8. The molecule has 0 radical (unpaired) electrons. The SMILES string of the molecule is NC1CCCC1Oc1ccc(F)cc1[N+](=O)[O-]. The molecule has 0 spiro atoms. The van der Waals surface area contributed by atoms with Gasteiger partial charge in [-0.25, -0.2) is 4.39 Å². The molecule has 5 nitrogen and oxygen atoms in total. The molecule has 0 amide bonds. The van der Waals surface area contributed by atoms with Crippen LogP contribution in [0.4, 0.5) is 10.1 Å². The van der Waals surface area contributed by atoms with Gasteiger partial charge in [-0.2, -0.15) is 0 Å². The molecule has 0 saturated heterocycles. The Morgan fingerprint density at radius 3 is 2.82 bits per heavy atom. The highest BCUT2D eigenvalue weighted by Crippen LogP contribution is 2.31. The van der Waals surface area contributed by atoms with Crippen LogP contribution in [0.15, 0.2) is 18.2 Å². The fourth-order valence-corrected chi connectivity index (χ4v) is 2.00. The second-order valence-corrected chi connectivity index (χ2v) is 4.12. The number of benzene rings is 1. The number of nitrogens with two attached hydrogens (primary N) is 1. The first-order valence-corrected chi connectivity index (χ1v) is 5.44. The van der Waals surface area contributed by atoms with Gasteiger partial charge >= 0.3 is 5.69 Å². The number of nitro benzene ring substituents is 1. The zero-order valence-electron chi connectivity index (χ0n) is 9.14. The second kappa shape index (κ2) is 4.67. The van der Waals surface area contributed by atoms with Gasteiger partial charge in [0.05, 0.1) is 11.0 Å². The Labute approximate surface area is 97.5 Å². The molecule has 2 rings (SSSR count). The highest BCUT2D eigenvalue weighted by atomic mass is 19.1. The number of hydrogen-bond donors (Lipinski definition) is 1. The molecule has 2 atom stereocenters. The summed E-state index contributed by atoms with van der Waals surface area (Å²) in [6.07, 6.45) is 2.34. The third-order valence-corrected chi connectivity index (χ3v) is 2.90. The molecule has 6 heteroatoms. The summed E-state index contributed by atoms with van der Waals surface area (Å²) < 4.78 is 18.4. The zero-order chi connectivity index (χ0) is 12.4. The maximum Gasteiger partial charge on any atom is 0.313 e. The smallest absolute Gasteiger partial charge is 0.313 e. The van der Waals surface area contributed by atoms with Gasteiger partial charge in [-0.15, -0.1) is 0 Å². The van der Waals surface area contributed by atoms with Crippen molar-refractivity contribution < 1.29 is 14.1 Å². The minimum absolute atomic E-state index is 0.0822. The Kier molecular flexibility index (Phi) is 3.23. The quantitative estimate of drug-likeness (QED) is 0.647. The maximum absolute atomic E-state index is 12.9. The Morgan fingerprint density at radius 2 is 2.24 bits per heavy atom. The van der Waals surface area contributed by atoms with Crippen molar-refractivity contribution in [3.63, 3.8) is 0 Å². The van der Waals surface area contributed by atoms with E-state index >= 15 is 0 Å². The van der Waals surface area contributed by atoms with Crippen molar-refractivity contribution in [2.24, 2.45) is 5.73 Å². The zero-order valence-corrected chi connectivity index (χ0v) is 9.14. The van der Waals surface area contributed by atoms with Gasteiger partial charge in [0.15, 0.2) is 5.75 Å². The van der Waals surface area contributed by atoms with Crippen molar-refractivity contribution in [1.29, 1.82) is 0 Å². The van der Waals surface area contributed by atoms with Crippen LogP contribution in [0, 0.1) is 15.9 Å². The molecule has 2 N–H and O–H groups in total. The molecule has 92 valence electrons. The molecule has 1 fully saturated rings. The summed E-state index contributed by atoms with van der Waals surface area (Å²) in [4.78, 5) is 10.1. The normalized spacial score (nSPS) is 23.6. The van der Waals surface area contributed by atoms with E-state index in [0.29, 0.717) is 0 Å². The fraction of sp³-hybridized carbons (Fsp3) is 0.455. The van der Waals surface area contributed by atoms with Gasteiger partial charge in [0.25, 0.3) is 0 Å². The summed E-state index contributed by atoms with van der Waals surface area (Å²) >= 11 is 0. The molecule has 2 unspecified atom stereocenters. The second-order valence-electron chi connectivity index (χ2n) is 4.12. The summed E-state index contributed by atoms with van der Waals surface area (Å²) in [6.45, 7) is 0. The first-order valence-electron chi connectivity index (χ1n) is 5.44. The minimum Gasteiger partial charge on any atom is -0.482 e. The lowest BCUT2D eigenvalue weighted by atomic mass is 10.2. The van der Waals surface area contributed by atoms with E-state index in [4.69, 9.17) is 10.5 Å². The lowest BCUT2D eigenvalue weighted by Gasteiger charge is -2.17. The van der Waals surface area contributed by atoms with Crippen LogP contribution in [0.2, 0.25) is 0 Å². The van der Waals surface area contributed by atoms with E-state index in [1.807, 2.05) is 0 Å². The Bertz CT molecular complexity index is 439. The van der Waals surface area contributed by atoms with E-state index < -0.39 is 10.7 Å². The van der Waals surface area contributed by atoms with Crippen molar-refractivity contribution in [2.45, 2.75) is 31.4 Å². The van der Waals surface area contributed by atoms with Crippen molar-refractivity contribution in [3.8, 4) is 5.75 Å². The standard InChI is InChI=1S/C11H13FN2O3/c12-7-4-5-11(9(6-7)14(15)16)17-10-3-1-2-8(10)13/h4-6,8,10H,1-3,13H2. The number of nitrogens with zero attached hydrogens (tertiary/aromatic N) is 1. The molecule has 1 aromatic carbocycles. The van der Waals surface area contributed by atoms with Gasteiger partial charge in [-0.05, 0) is 31.4 Å². The van der Waals surface area contributed by atoms with Crippen molar-refractivity contribution in [3.05, 3.63) is 34.1 Å². The third kappa shape index (κ3) is 2.52. The number of nitro groups is 1. The number of hydrogen-bond acceptors (Lipinski definition) is 4. The van der Waals surface area contributed by atoms with Gasteiger partial charge in [0, 0.05) is 6.04 Å². The predicted octanol–water partition coefficient (Wildman–Crippen LogP) is 1.99. The predicted molar refractivity (Wildman–Crippen MR) is 59.3 cm³/mol. The molecule has 0 aromatic heterocycles. The molecule has 1 saturated carbocycles. The summed E-state index contributed by atoms with van der Waals surface area (Å²) in [5.74, 6) is -0.571. The molecule has 17 heavy (non-hydrogen) atoms. The van der Waals surface area contributed by atoms with Crippen LogP contribution in [0.25, 0.3) is 0 Å². The van der Waals surface area contributed by atoms with Crippen molar-refractivity contribution in [2.75, 3.05) is 0 Å². The summed E-state index contributed by atoms with van der Waals surface area (Å²) in [7, 11) is 0. The Balaban J connectivity index is 2.22. The summed E-state index contributed by atoms with van der Waals surface area (Å²) in [5, 5.41) is 10.8. The minimum atomic E-state index is -0.654. The summed E-state index contributed by atoms with van der Waals surface area (Å²) in [5.41, 5.74) is 5.46. The number of ether oxygens (including phenoxy) is 1. The molecule has 1 aromatic rings. The van der Waals surface area contributed by atoms with Crippen molar-refractivity contribution >= 4 is 5.69 Å². The van der Waals surface area contributed by atoms with E-state index in [0.717, 1.165) is 31.4 Å². The van der Waals surface area contributed by atoms with E-state index in [2.05, 4.69) is 0 Å². The van der Waals surface area contributed by atoms with Gasteiger partial charge in [0.2, 0.25) is 0 Å². The van der Waals surface area contributed by atoms with Crippen LogP contribution in [0.3, 0.4) is 0 Å². The molecule has 0 heterocycles. The Morgan fingerprint density at radius 1 is 1.47 bits per heavy atom. The monoisotopic (exact) mass is 240 g/mol. The van der Waals surface area contributed by atoms with Crippen LogP contribution in [0.1, 0.15) is 19.3 Å². The maximum atomic E-state index is 12.9. The third-order valence-electron chi connectivity index (χ3n) is 2.90. The molecular formula is C11H13FN2O3. The number of halogens is 1. The highest BCUT2D eigenvalue weighted by Gasteiger charge is 2.28. The van der Waals surface area contributed by atoms with Crippen LogP contribution in [-0.2, 0) is 0 Å². The molecule has 0 aliphatic heterocycles. The number of rotatable bonds is 3. The molecular weight excluding hydrogens is 227 g/mol. The van der Waals surface area contributed by atoms with Gasteiger partial charge in [-0.1, -0.05) is 0 Å². The lowest BCUT2D eigenvalue weighted by molar-refractivity contribution is -0.386. The average Bonchev–Trinajstić information content (AvgIpc) is 2.67. The molecule has 0 bridgehead atoms. The lowest BCUT2D eigenvalue weighted by Crippen LogP contribution is -2.33. The van der Waals surface area contributed by atoms with Gasteiger partial charge in [-0.3, -0.25) is 10.1 Å². The van der Waals surface area contributed by atoms with Crippen LogP contribution in [-0.4, -0.2) is 17.1 Å². The average molecular weight is 240 g/mol. The van der Waals surface area contributed by atoms with E-state index in [9.17, 15) is 14.5 Å². The van der Waals surface area contributed by atoms with Crippen LogP contribution in [0.5, 0.6) is 5.75 Å². The molecule has 1 aliphatic rings. The highest BCUT2D eigenvalue weighted by molar-refractivity contribution is 5.46. The molecule has 1 aliphatic carbocycles. The van der Waals surface area contributed by atoms with E-state index in [1.54, 1.807) is 0 Å². The fourth-order valence-electron chi connectivity index (χ4n) is 2.00.